The van der Waals surface area contributed by atoms with Crippen molar-refractivity contribution in [2.75, 3.05) is 18.0 Å². The van der Waals surface area contributed by atoms with Crippen LogP contribution < -0.4 is 4.90 Å². The molecular weight excluding hydrogens is 334 g/mol. The van der Waals surface area contributed by atoms with E-state index in [0.29, 0.717) is 18.2 Å². The monoisotopic (exact) mass is 361 g/mol. The Morgan fingerprint density at radius 2 is 2.04 bits per heavy atom. The van der Waals surface area contributed by atoms with Gasteiger partial charge in [-0.1, -0.05) is 50.5 Å². The molecule has 1 aromatic heterocycles. The Kier molecular flexibility index (Phi) is 5.91. The number of nitrogens with zero attached hydrogens (tertiary/aromatic N) is 3. The van der Waals surface area contributed by atoms with E-state index in [2.05, 4.69) is 31.0 Å². The van der Waals surface area contributed by atoms with Crippen LogP contribution in [0.3, 0.4) is 0 Å². The third kappa shape index (κ3) is 3.96. The molecule has 2 aromatic rings. The topological polar surface area (TPSA) is 56.7 Å². The van der Waals surface area contributed by atoms with Crippen LogP contribution in [0.4, 0.5) is 9.93 Å². The molecule has 5 nitrogen and oxygen atoms in total. The third-order valence-electron chi connectivity index (χ3n) is 4.66. The Bertz CT molecular complexity index is 731. The van der Waals surface area contributed by atoms with Crippen molar-refractivity contribution in [2.45, 2.75) is 58.6 Å². The molecule has 0 saturated carbocycles. The van der Waals surface area contributed by atoms with Gasteiger partial charge >= 0.3 is 6.03 Å². The molecule has 1 aromatic carbocycles. The predicted octanol–water partition coefficient (Wildman–Crippen LogP) is 4.39. The summed E-state index contributed by atoms with van der Waals surface area (Å²) in [5.41, 5.74) is 2.21. The van der Waals surface area contributed by atoms with E-state index in [0.717, 1.165) is 29.5 Å². The number of thiazole rings is 1. The van der Waals surface area contributed by atoms with Crippen LogP contribution in [-0.4, -0.2) is 40.3 Å². The molecule has 6 heteroatoms. The molecule has 1 atom stereocenters. The zero-order valence-corrected chi connectivity index (χ0v) is 15.9. The van der Waals surface area contributed by atoms with Crippen molar-refractivity contribution in [1.82, 2.24) is 9.88 Å². The van der Waals surface area contributed by atoms with E-state index in [4.69, 9.17) is 0 Å². The van der Waals surface area contributed by atoms with Gasteiger partial charge in [0.1, 0.15) is 0 Å². The summed E-state index contributed by atoms with van der Waals surface area (Å²) in [7, 11) is 0. The summed E-state index contributed by atoms with van der Waals surface area (Å²) in [6.07, 6.45) is 5.91. The van der Waals surface area contributed by atoms with Gasteiger partial charge in [0, 0.05) is 6.54 Å². The molecule has 0 bridgehead atoms. The minimum Gasteiger partial charge on any atom is -0.371 e. The van der Waals surface area contributed by atoms with Crippen molar-refractivity contribution >= 4 is 32.7 Å². The third-order valence-corrected chi connectivity index (χ3v) is 5.67. The number of hydrogen-bond donors (Lipinski definition) is 1. The average Bonchev–Trinajstić information content (AvgIpc) is 3.13. The maximum atomic E-state index is 12.6. The number of urea groups is 1. The first-order valence-corrected chi connectivity index (χ1v) is 10.1. The maximum absolute atomic E-state index is 12.6. The molecule has 136 valence electrons. The Morgan fingerprint density at radius 1 is 1.24 bits per heavy atom. The van der Waals surface area contributed by atoms with Crippen molar-refractivity contribution < 1.29 is 9.90 Å². The van der Waals surface area contributed by atoms with Gasteiger partial charge in [-0.15, -0.1) is 0 Å². The molecule has 1 saturated heterocycles. The van der Waals surface area contributed by atoms with Gasteiger partial charge in [-0.2, -0.15) is 0 Å². The maximum Gasteiger partial charge on any atom is 0.328 e. The Hall–Kier alpha value is -1.66. The number of β-amino-alcohol motifs (C(OH)–C–C–N with tert-alkyl or cyclic N) is 1. The van der Waals surface area contributed by atoms with E-state index in [9.17, 15) is 9.90 Å². The summed E-state index contributed by atoms with van der Waals surface area (Å²) in [5.74, 6) is 0. The number of rotatable bonds is 8. The van der Waals surface area contributed by atoms with Gasteiger partial charge in [0.25, 0.3) is 0 Å². The summed E-state index contributed by atoms with van der Waals surface area (Å²) in [4.78, 5) is 20.3. The molecule has 2 heterocycles. The number of aliphatic hydroxyl groups is 1. The first-order valence-electron chi connectivity index (χ1n) is 9.29. The zero-order valence-electron chi connectivity index (χ0n) is 15.1. The number of aliphatic hydroxyl groups excluding tert-OH is 1. The SMILES string of the molecule is CCCCCc1ccc2nc(N3C(=O)N(CCCC)CC3O)sc2c1. The number of carbonyl (C=O) groups excluding carboxylic acids is 1. The van der Waals surface area contributed by atoms with Crippen LogP contribution in [0.25, 0.3) is 10.2 Å². The number of fused-ring (bicyclic) bond motifs is 1. The Balaban J connectivity index is 1.78. The number of anilines is 1. The zero-order chi connectivity index (χ0) is 17.8. The standard InChI is InChI=1S/C19H27N3O2S/c1-3-5-7-8-14-9-10-15-16(12-14)25-18(20-15)22-17(23)13-21(19(22)24)11-6-4-2/h9-10,12,17,23H,3-8,11,13H2,1-2H3. The highest BCUT2D eigenvalue weighted by Gasteiger charge is 2.38. The van der Waals surface area contributed by atoms with E-state index < -0.39 is 6.23 Å². The van der Waals surface area contributed by atoms with E-state index in [1.165, 1.54) is 41.1 Å². The second kappa shape index (κ2) is 8.15. The fraction of sp³-hybridized carbons (Fsp3) is 0.579. The van der Waals surface area contributed by atoms with Crippen LogP contribution >= 0.6 is 11.3 Å². The largest absolute Gasteiger partial charge is 0.371 e. The summed E-state index contributed by atoms with van der Waals surface area (Å²) >= 11 is 1.49. The molecule has 1 aliphatic rings. The predicted molar refractivity (Wildman–Crippen MR) is 103 cm³/mol. The van der Waals surface area contributed by atoms with Gasteiger partial charge in [-0.05, 0) is 37.0 Å². The van der Waals surface area contributed by atoms with E-state index >= 15 is 0 Å². The lowest BCUT2D eigenvalue weighted by molar-refractivity contribution is 0.176. The molecule has 3 rings (SSSR count). The highest BCUT2D eigenvalue weighted by atomic mass is 32.1. The van der Waals surface area contributed by atoms with Crippen LogP contribution in [0.5, 0.6) is 0 Å². The van der Waals surface area contributed by atoms with Crippen molar-refractivity contribution in [3.63, 3.8) is 0 Å². The smallest absolute Gasteiger partial charge is 0.328 e. The van der Waals surface area contributed by atoms with Crippen molar-refractivity contribution in [1.29, 1.82) is 0 Å². The lowest BCUT2D eigenvalue weighted by Crippen LogP contribution is -2.35. The minimum atomic E-state index is -0.811. The Morgan fingerprint density at radius 3 is 2.80 bits per heavy atom. The highest BCUT2D eigenvalue weighted by molar-refractivity contribution is 7.22. The minimum absolute atomic E-state index is 0.136. The van der Waals surface area contributed by atoms with Crippen molar-refractivity contribution in [3.05, 3.63) is 23.8 Å². The Labute approximate surface area is 153 Å². The molecule has 0 radical (unpaired) electrons. The molecule has 25 heavy (non-hydrogen) atoms. The van der Waals surface area contributed by atoms with Gasteiger partial charge in [0.2, 0.25) is 0 Å². The van der Waals surface area contributed by atoms with Crippen LogP contribution in [0.1, 0.15) is 51.5 Å². The van der Waals surface area contributed by atoms with E-state index in [-0.39, 0.29) is 6.03 Å². The quantitative estimate of drug-likeness (QED) is 0.710. The molecule has 1 aliphatic heterocycles. The second-order valence-corrected chi connectivity index (χ2v) is 7.70. The van der Waals surface area contributed by atoms with E-state index in [1.54, 1.807) is 4.90 Å². The number of unbranched alkanes of at least 4 members (excludes halogenated alkanes) is 3. The highest BCUT2D eigenvalue weighted by Crippen LogP contribution is 2.33. The fourth-order valence-corrected chi connectivity index (χ4v) is 4.24. The van der Waals surface area contributed by atoms with Crippen LogP contribution in [0.15, 0.2) is 18.2 Å². The number of amides is 2. The summed E-state index contributed by atoms with van der Waals surface area (Å²) in [6, 6.07) is 6.19. The van der Waals surface area contributed by atoms with Crippen LogP contribution in [0.2, 0.25) is 0 Å². The second-order valence-electron chi connectivity index (χ2n) is 6.69. The molecule has 1 N–H and O–H groups in total. The molecule has 0 spiro atoms. The molecular formula is C19H27N3O2S. The van der Waals surface area contributed by atoms with E-state index in [1.807, 2.05) is 6.07 Å². The lowest BCUT2D eigenvalue weighted by atomic mass is 10.1. The van der Waals surface area contributed by atoms with Gasteiger partial charge in [0.05, 0.1) is 16.8 Å². The van der Waals surface area contributed by atoms with Gasteiger partial charge < -0.3 is 10.0 Å². The number of aromatic nitrogens is 1. The molecule has 0 aliphatic carbocycles. The van der Waals surface area contributed by atoms with Gasteiger partial charge in [-0.3, -0.25) is 0 Å². The normalized spacial score (nSPS) is 17.9. The average molecular weight is 362 g/mol. The molecule has 2 amide bonds. The van der Waals surface area contributed by atoms with Gasteiger partial charge in [0.15, 0.2) is 11.4 Å². The van der Waals surface area contributed by atoms with Crippen molar-refractivity contribution in [2.24, 2.45) is 0 Å². The molecule has 1 unspecified atom stereocenters. The van der Waals surface area contributed by atoms with Crippen LogP contribution in [0, 0.1) is 0 Å². The molecule has 1 fully saturated rings. The number of benzene rings is 1. The first-order chi connectivity index (χ1) is 12.1. The summed E-state index contributed by atoms with van der Waals surface area (Å²) in [5, 5.41) is 10.9. The fourth-order valence-electron chi connectivity index (χ4n) is 3.18. The van der Waals surface area contributed by atoms with Crippen LogP contribution in [-0.2, 0) is 6.42 Å². The number of carbonyl (C=O) groups is 1. The van der Waals surface area contributed by atoms with Crippen molar-refractivity contribution in [3.8, 4) is 0 Å². The summed E-state index contributed by atoms with van der Waals surface area (Å²) in [6.45, 7) is 5.35. The van der Waals surface area contributed by atoms with Gasteiger partial charge in [-0.25, -0.2) is 14.7 Å². The lowest BCUT2D eigenvalue weighted by Gasteiger charge is -2.16. The number of aryl methyl sites for hydroxylation is 1. The summed E-state index contributed by atoms with van der Waals surface area (Å²) < 4.78 is 1.08. The number of hydrogen-bond acceptors (Lipinski definition) is 4. The first kappa shape index (κ1) is 18.1.